The minimum atomic E-state index is -3.51. The minimum absolute atomic E-state index is 0.125. The standard InChI is InChI=1S/C19H21BrN2O3S/c1-14-9-11-22(12-10-14)19(23)18-4-2-3-16(21-18)13-26(24,25)17-7-5-15(20)6-8-17/h2-8,14H,9-13H2,1H3. The summed E-state index contributed by atoms with van der Waals surface area (Å²) in [6.07, 6.45) is 1.98. The summed E-state index contributed by atoms with van der Waals surface area (Å²) in [6, 6.07) is 11.5. The molecule has 1 aromatic carbocycles. The maximum atomic E-state index is 12.6. The van der Waals surface area contributed by atoms with Gasteiger partial charge in [-0.05, 0) is 55.2 Å². The predicted molar refractivity (Wildman–Crippen MR) is 104 cm³/mol. The van der Waals surface area contributed by atoms with E-state index in [1.54, 1.807) is 47.4 Å². The van der Waals surface area contributed by atoms with Crippen molar-refractivity contribution in [1.29, 1.82) is 0 Å². The molecule has 1 aromatic heterocycles. The summed E-state index contributed by atoms with van der Waals surface area (Å²) in [5.74, 6) is 0.279. The summed E-state index contributed by atoms with van der Waals surface area (Å²) in [5, 5.41) is 0. The van der Waals surface area contributed by atoms with Crippen molar-refractivity contribution in [2.45, 2.75) is 30.4 Å². The van der Waals surface area contributed by atoms with Crippen molar-refractivity contribution >= 4 is 31.7 Å². The van der Waals surface area contributed by atoms with E-state index in [1.165, 1.54) is 0 Å². The monoisotopic (exact) mass is 436 g/mol. The second-order valence-corrected chi connectivity index (χ2v) is 9.61. The van der Waals surface area contributed by atoms with Crippen LogP contribution in [0, 0.1) is 5.92 Å². The zero-order chi connectivity index (χ0) is 18.7. The lowest BCUT2D eigenvalue weighted by molar-refractivity contribution is 0.0691. The Balaban J connectivity index is 1.77. The average molecular weight is 437 g/mol. The van der Waals surface area contributed by atoms with Crippen LogP contribution in [-0.2, 0) is 15.6 Å². The summed E-state index contributed by atoms with van der Waals surface area (Å²) < 4.78 is 26.0. The van der Waals surface area contributed by atoms with E-state index in [0.717, 1.165) is 30.4 Å². The first kappa shape index (κ1) is 19.0. The molecule has 7 heteroatoms. The van der Waals surface area contributed by atoms with Crippen LogP contribution in [-0.4, -0.2) is 37.3 Å². The summed E-state index contributed by atoms with van der Waals surface area (Å²) in [5.41, 5.74) is 0.687. The highest BCUT2D eigenvalue weighted by Gasteiger charge is 2.23. The van der Waals surface area contributed by atoms with Gasteiger partial charge in [0.05, 0.1) is 16.3 Å². The van der Waals surface area contributed by atoms with Gasteiger partial charge in [0, 0.05) is 17.6 Å². The Morgan fingerprint density at radius 3 is 2.46 bits per heavy atom. The lowest BCUT2D eigenvalue weighted by atomic mass is 9.99. The molecular weight excluding hydrogens is 416 g/mol. The smallest absolute Gasteiger partial charge is 0.272 e. The van der Waals surface area contributed by atoms with Crippen molar-refractivity contribution in [3.63, 3.8) is 0 Å². The van der Waals surface area contributed by atoms with Crippen LogP contribution in [0.3, 0.4) is 0 Å². The van der Waals surface area contributed by atoms with E-state index in [9.17, 15) is 13.2 Å². The van der Waals surface area contributed by atoms with Gasteiger partial charge >= 0.3 is 0 Å². The van der Waals surface area contributed by atoms with E-state index in [4.69, 9.17) is 0 Å². The van der Waals surface area contributed by atoms with E-state index < -0.39 is 9.84 Å². The van der Waals surface area contributed by atoms with Crippen molar-refractivity contribution < 1.29 is 13.2 Å². The number of piperidine rings is 1. The Morgan fingerprint density at radius 2 is 1.81 bits per heavy atom. The Labute approximate surface area is 162 Å². The normalized spacial score (nSPS) is 15.8. The van der Waals surface area contributed by atoms with Crippen LogP contribution in [0.25, 0.3) is 0 Å². The molecule has 138 valence electrons. The topological polar surface area (TPSA) is 67.3 Å². The van der Waals surface area contributed by atoms with Gasteiger partial charge in [-0.15, -0.1) is 0 Å². The fraction of sp³-hybridized carbons (Fsp3) is 0.368. The van der Waals surface area contributed by atoms with Crippen LogP contribution in [0.5, 0.6) is 0 Å². The number of benzene rings is 1. The highest BCUT2D eigenvalue weighted by atomic mass is 79.9. The first-order valence-electron chi connectivity index (χ1n) is 8.59. The number of rotatable bonds is 4. The van der Waals surface area contributed by atoms with Crippen molar-refractivity contribution in [2.24, 2.45) is 5.92 Å². The van der Waals surface area contributed by atoms with Crippen molar-refractivity contribution in [3.8, 4) is 0 Å². The Morgan fingerprint density at radius 1 is 1.15 bits per heavy atom. The molecule has 0 bridgehead atoms. The Bertz CT molecular complexity index is 889. The molecule has 0 spiro atoms. The van der Waals surface area contributed by atoms with E-state index in [0.29, 0.717) is 17.3 Å². The van der Waals surface area contributed by atoms with Gasteiger partial charge in [-0.1, -0.05) is 28.9 Å². The number of pyridine rings is 1. The zero-order valence-corrected chi connectivity index (χ0v) is 17.0. The Hall–Kier alpha value is -1.73. The largest absolute Gasteiger partial charge is 0.337 e. The lowest BCUT2D eigenvalue weighted by Gasteiger charge is -2.30. The third-order valence-corrected chi connectivity index (χ3v) is 6.80. The van der Waals surface area contributed by atoms with Crippen LogP contribution in [0.1, 0.15) is 35.9 Å². The van der Waals surface area contributed by atoms with Gasteiger partial charge in [0.15, 0.2) is 9.84 Å². The first-order chi connectivity index (χ1) is 12.3. The molecule has 3 rings (SSSR count). The van der Waals surface area contributed by atoms with Gasteiger partial charge in [-0.25, -0.2) is 13.4 Å². The predicted octanol–water partition coefficient (Wildman–Crippen LogP) is 3.69. The lowest BCUT2D eigenvalue weighted by Crippen LogP contribution is -2.38. The maximum absolute atomic E-state index is 12.6. The Kier molecular flexibility index (Phi) is 5.77. The molecule has 0 aliphatic carbocycles. The summed E-state index contributed by atoms with van der Waals surface area (Å²) in [7, 11) is -3.51. The molecule has 0 atom stereocenters. The van der Waals surface area contributed by atoms with Crippen molar-refractivity contribution in [2.75, 3.05) is 13.1 Å². The maximum Gasteiger partial charge on any atom is 0.272 e. The third kappa shape index (κ3) is 4.51. The quantitative estimate of drug-likeness (QED) is 0.732. The van der Waals surface area contributed by atoms with Gasteiger partial charge < -0.3 is 4.90 Å². The van der Waals surface area contributed by atoms with E-state index in [1.807, 2.05) is 0 Å². The molecule has 0 saturated carbocycles. The van der Waals surface area contributed by atoms with Crippen molar-refractivity contribution in [1.82, 2.24) is 9.88 Å². The minimum Gasteiger partial charge on any atom is -0.337 e. The number of nitrogens with zero attached hydrogens (tertiary/aromatic N) is 2. The fourth-order valence-electron chi connectivity index (χ4n) is 2.97. The van der Waals surface area contributed by atoms with E-state index >= 15 is 0 Å². The molecular formula is C19H21BrN2O3S. The van der Waals surface area contributed by atoms with Crippen LogP contribution >= 0.6 is 15.9 Å². The number of hydrogen-bond donors (Lipinski definition) is 0. The third-order valence-electron chi connectivity index (χ3n) is 4.61. The highest BCUT2D eigenvalue weighted by molar-refractivity contribution is 9.10. The van der Waals surface area contributed by atoms with Gasteiger partial charge in [-0.3, -0.25) is 4.79 Å². The molecule has 1 amide bonds. The van der Waals surface area contributed by atoms with E-state index in [2.05, 4.69) is 27.8 Å². The molecule has 26 heavy (non-hydrogen) atoms. The molecule has 0 unspecified atom stereocenters. The van der Waals surface area contributed by atoms with Gasteiger partial charge in [0.25, 0.3) is 5.91 Å². The van der Waals surface area contributed by atoms with Crippen LogP contribution < -0.4 is 0 Å². The SMILES string of the molecule is CC1CCN(C(=O)c2cccc(CS(=O)(=O)c3ccc(Br)cc3)n2)CC1. The second kappa shape index (κ2) is 7.88. The molecule has 1 fully saturated rings. The van der Waals surface area contributed by atoms with Crippen molar-refractivity contribution in [3.05, 3.63) is 58.3 Å². The molecule has 1 aliphatic rings. The molecule has 0 radical (unpaired) electrons. The van der Waals surface area contributed by atoms with Gasteiger partial charge in [0.2, 0.25) is 0 Å². The van der Waals surface area contributed by atoms with Crippen LogP contribution in [0.4, 0.5) is 0 Å². The number of hydrogen-bond acceptors (Lipinski definition) is 4. The summed E-state index contributed by atoms with van der Waals surface area (Å²) >= 11 is 3.30. The van der Waals surface area contributed by atoms with E-state index in [-0.39, 0.29) is 16.6 Å². The summed E-state index contributed by atoms with van der Waals surface area (Å²) in [6.45, 7) is 3.64. The number of carbonyl (C=O) groups excluding carboxylic acids is 1. The molecule has 0 N–H and O–H groups in total. The number of sulfone groups is 1. The second-order valence-electron chi connectivity index (χ2n) is 6.70. The zero-order valence-electron chi connectivity index (χ0n) is 14.6. The molecule has 1 aliphatic heterocycles. The highest BCUT2D eigenvalue weighted by Crippen LogP contribution is 2.20. The molecule has 2 heterocycles. The molecule has 1 saturated heterocycles. The number of aromatic nitrogens is 1. The number of carbonyl (C=O) groups is 1. The molecule has 2 aromatic rings. The number of amides is 1. The first-order valence-corrected chi connectivity index (χ1v) is 11.0. The van der Waals surface area contributed by atoms with Crippen LogP contribution in [0.15, 0.2) is 51.8 Å². The van der Waals surface area contributed by atoms with Gasteiger partial charge in [0.1, 0.15) is 5.69 Å². The average Bonchev–Trinajstić information content (AvgIpc) is 2.62. The summed E-state index contributed by atoms with van der Waals surface area (Å²) in [4.78, 5) is 19.0. The number of halogens is 1. The number of likely N-dealkylation sites (tertiary alicyclic amines) is 1. The fourth-order valence-corrected chi connectivity index (χ4v) is 4.50. The van der Waals surface area contributed by atoms with Crippen LogP contribution in [0.2, 0.25) is 0 Å². The molecule has 5 nitrogen and oxygen atoms in total. The van der Waals surface area contributed by atoms with Gasteiger partial charge in [-0.2, -0.15) is 0 Å².